The fourth-order valence-corrected chi connectivity index (χ4v) is 3.59. The summed E-state index contributed by atoms with van der Waals surface area (Å²) in [6, 6.07) is 10.5. The highest BCUT2D eigenvalue weighted by molar-refractivity contribution is 7.13. The molecule has 23 heavy (non-hydrogen) atoms. The van der Waals surface area contributed by atoms with Crippen LogP contribution in [-0.4, -0.2) is 28.4 Å². The zero-order valence-electron chi connectivity index (χ0n) is 13.4. The highest BCUT2D eigenvalue weighted by Crippen LogP contribution is 2.36. The molecule has 0 radical (unpaired) electrons. The van der Waals surface area contributed by atoms with Crippen LogP contribution < -0.4 is 0 Å². The Morgan fingerprint density at radius 2 is 2.09 bits per heavy atom. The molecule has 0 spiro atoms. The zero-order valence-corrected chi connectivity index (χ0v) is 14.2. The second-order valence-electron chi connectivity index (χ2n) is 6.14. The summed E-state index contributed by atoms with van der Waals surface area (Å²) in [5.41, 5.74) is 2.46. The molecule has 4 nitrogen and oxygen atoms in total. The molecule has 118 valence electrons. The van der Waals surface area contributed by atoms with Gasteiger partial charge in [0.25, 0.3) is 0 Å². The summed E-state index contributed by atoms with van der Waals surface area (Å²) < 4.78 is 0. The summed E-state index contributed by atoms with van der Waals surface area (Å²) in [6.07, 6.45) is 2.82. The minimum Gasteiger partial charge on any atom is -0.327 e. The van der Waals surface area contributed by atoms with Crippen LogP contribution in [0.1, 0.15) is 30.5 Å². The maximum Gasteiger partial charge on any atom is 0.229 e. The number of carbonyl (C=O) groups is 1. The van der Waals surface area contributed by atoms with Gasteiger partial charge in [-0.3, -0.25) is 4.79 Å². The Hall–Kier alpha value is -2.19. The number of benzene rings is 1. The highest BCUT2D eigenvalue weighted by Gasteiger charge is 2.43. The van der Waals surface area contributed by atoms with Gasteiger partial charge in [0.05, 0.1) is 18.2 Å². The largest absolute Gasteiger partial charge is 0.327 e. The Labute approximate surface area is 140 Å². The van der Waals surface area contributed by atoms with Crippen molar-refractivity contribution in [3.05, 3.63) is 40.9 Å². The molecule has 2 aromatic rings. The maximum absolute atomic E-state index is 12.4. The minimum absolute atomic E-state index is 0.0352. The van der Waals surface area contributed by atoms with E-state index in [4.69, 9.17) is 0 Å². The molecule has 0 bridgehead atoms. The molecule has 1 saturated carbocycles. The number of rotatable bonds is 4. The molecule has 0 atom stereocenters. The van der Waals surface area contributed by atoms with Crippen LogP contribution in [0.2, 0.25) is 0 Å². The second-order valence-corrected chi connectivity index (χ2v) is 6.99. The van der Waals surface area contributed by atoms with Crippen LogP contribution in [0.25, 0.3) is 10.6 Å². The fourth-order valence-electron chi connectivity index (χ4n) is 2.76. The molecule has 1 heterocycles. The van der Waals surface area contributed by atoms with E-state index in [1.807, 2.05) is 17.5 Å². The number of carbonyl (C=O) groups excluding carboxylic acids is 1. The third kappa shape index (κ3) is 2.99. The van der Waals surface area contributed by atoms with Gasteiger partial charge in [-0.2, -0.15) is 5.26 Å². The van der Waals surface area contributed by atoms with Crippen molar-refractivity contribution in [3.8, 4) is 16.6 Å². The Bertz CT molecular complexity index is 753. The number of likely N-dealkylation sites (N-methyl/N-ethyl adjacent to an activating group) is 1. The number of hydrogen-bond donors (Lipinski definition) is 0. The van der Waals surface area contributed by atoms with E-state index < -0.39 is 5.54 Å². The smallest absolute Gasteiger partial charge is 0.229 e. The van der Waals surface area contributed by atoms with Gasteiger partial charge in [0.2, 0.25) is 5.91 Å². The van der Waals surface area contributed by atoms with Crippen molar-refractivity contribution in [3.63, 3.8) is 0 Å². The lowest BCUT2D eigenvalue weighted by atomic mass is 9.76. The summed E-state index contributed by atoms with van der Waals surface area (Å²) >= 11 is 1.55. The minimum atomic E-state index is -0.590. The number of thiazole rings is 1. The SMILES string of the molecule is Cc1ccc(-c2nc(CC(=O)N(C)C3(C#N)CCC3)cs2)cc1. The van der Waals surface area contributed by atoms with E-state index in [1.165, 1.54) is 5.56 Å². The molecule has 1 fully saturated rings. The van der Waals surface area contributed by atoms with E-state index in [2.05, 4.69) is 30.1 Å². The first-order chi connectivity index (χ1) is 11.0. The number of amides is 1. The van der Waals surface area contributed by atoms with Crippen molar-refractivity contribution < 1.29 is 4.79 Å². The van der Waals surface area contributed by atoms with Crippen LogP contribution in [0, 0.1) is 18.3 Å². The normalized spacial score (nSPS) is 15.5. The van der Waals surface area contributed by atoms with Gasteiger partial charge in [-0.15, -0.1) is 11.3 Å². The van der Waals surface area contributed by atoms with Gasteiger partial charge >= 0.3 is 0 Å². The molecule has 0 unspecified atom stereocenters. The molecule has 1 aliphatic rings. The van der Waals surface area contributed by atoms with Gasteiger partial charge in [0.15, 0.2) is 0 Å². The number of aromatic nitrogens is 1. The third-order valence-electron chi connectivity index (χ3n) is 4.59. The van der Waals surface area contributed by atoms with Crippen molar-refractivity contribution >= 4 is 17.2 Å². The molecule has 1 amide bonds. The Kier molecular flexibility index (Phi) is 4.18. The Balaban J connectivity index is 1.70. The van der Waals surface area contributed by atoms with Crippen molar-refractivity contribution in [1.82, 2.24) is 9.88 Å². The van der Waals surface area contributed by atoms with Gasteiger partial charge in [-0.25, -0.2) is 4.98 Å². The molecule has 1 aliphatic carbocycles. The fraction of sp³-hybridized carbons (Fsp3) is 0.389. The quantitative estimate of drug-likeness (QED) is 0.863. The number of hydrogen-bond acceptors (Lipinski definition) is 4. The molecular weight excluding hydrogens is 306 g/mol. The number of nitrogens with zero attached hydrogens (tertiary/aromatic N) is 3. The van der Waals surface area contributed by atoms with E-state index in [1.54, 1.807) is 23.3 Å². The van der Waals surface area contributed by atoms with Crippen LogP contribution in [0.5, 0.6) is 0 Å². The topological polar surface area (TPSA) is 57.0 Å². The standard InChI is InChI=1S/C18H19N3OS/c1-13-4-6-14(7-5-13)17-20-15(11-23-17)10-16(22)21(2)18(12-19)8-3-9-18/h4-7,11H,3,8-10H2,1-2H3. The first-order valence-corrected chi connectivity index (χ1v) is 8.61. The molecule has 0 N–H and O–H groups in total. The number of nitriles is 1. The van der Waals surface area contributed by atoms with Crippen molar-refractivity contribution in [1.29, 1.82) is 5.26 Å². The number of aryl methyl sites for hydroxylation is 1. The monoisotopic (exact) mass is 325 g/mol. The van der Waals surface area contributed by atoms with Gasteiger partial charge in [0, 0.05) is 18.0 Å². The summed E-state index contributed by atoms with van der Waals surface area (Å²) in [7, 11) is 1.73. The van der Waals surface area contributed by atoms with E-state index in [9.17, 15) is 10.1 Å². The molecule has 0 aliphatic heterocycles. The van der Waals surface area contributed by atoms with Crippen LogP contribution in [0.4, 0.5) is 0 Å². The average molecular weight is 325 g/mol. The van der Waals surface area contributed by atoms with Gasteiger partial charge in [-0.1, -0.05) is 29.8 Å². The molecule has 3 rings (SSSR count). The lowest BCUT2D eigenvalue weighted by Crippen LogP contribution is -2.53. The summed E-state index contributed by atoms with van der Waals surface area (Å²) in [5, 5.41) is 12.2. The summed E-state index contributed by atoms with van der Waals surface area (Å²) in [5.74, 6) is -0.0352. The average Bonchev–Trinajstić information content (AvgIpc) is 2.95. The van der Waals surface area contributed by atoms with Crippen LogP contribution in [0.15, 0.2) is 29.6 Å². The Morgan fingerprint density at radius 3 is 2.65 bits per heavy atom. The van der Waals surface area contributed by atoms with Gasteiger partial charge < -0.3 is 4.90 Å². The summed E-state index contributed by atoms with van der Waals surface area (Å²) in [6.45, 7) is 2.05. The third-order valence-corrected chi connectivity index (χ3v) is 5.53. The van der Waals surface area contributed by atoms with Gasteiger partial charge in [-0.05, 0) is 26.2 Å². The van der Waals surface area contributed by atoms with E-state index in [0.717, 1.165) is 35.5 Å². The lowest BCUT2D eigenvalue weighted by molar-refractivity contribution is -0.135. The predicted molar refractivity (Wildman–Crippen MR) is 91.0 cm³/mol. The lowest BCUT2D eigenvalue weighted by Gasteiger charge is -2.42. The van der Waals surface area contributed by atoms with E-state index in [0.29, 0.717) is 0 Å². The van der Waals surface area contributed by atoms with Crippen molar-refractivity contribution in [2.45, 2.75) is 38.1 Å². The Morgan fingerprint density at radius 1 is 1.39 bits per heavy atom. The van der Waals surface area contributed by atoms with E-state index in [-0.39, 0.29) is 12.3 Å². The predicted octanol–water partition coefficient (Wildman–Crippen LogP) is 3.57. The van der Waals surface area contributed by atoms with Crippen molar-refractivity contribution in [2.24, 2.45) is 0 Å². The molecular formula is C18H19N3OS. The maximum atomic E-state index is 12.4. The first-order valence-electron chi connectivity index (χ1n) is 7.73. The van der Waals surface area contributed by atoms with Crippen molar-refractivity contribution in [2.75, 3.05) is 7.05 Å². The first kappa shape index (κ1) is 15.7. The molecule has 5 heteroatoms. The zero-order chi connectivity index (χ0) is 16.4. The van der Waals surface area contributed by atoms with Crippen LogP contribution in [0.3, 0.4) is 0 Å². The highest BCUT2D eigenvalue weighted by atomic mass is 32.1. The molecule has 1 aromatic heterocycles. The molecule has 1 aromatic carbocycles. The van der Waals surface area contributed by atoms with Crippen LogP contribution >= 0.6 is 11.3 Å². The molecule has 0 saturated heterocycles. The van der Waals surface area contributed by atoms with Crippen LogP contribution in [-0.2, 0) is 11.2 Å². The summed E-state index contributed by atoms with van der Waals surface area (Å²) in [4.78, 5) is 18.6. The van der Waals surface area contributed by atoms with E-state index >= 15 is 0 Å². The second kappa shape index (κ2) is 6.13. The van der Waals surface area contributed by atoms with Gasteiger partial charge in [0.1, 0.15) is 10.5 Å².